The van der Waals surface area contributed by atoms with E-state index in [1.54, 1.807) is 12.1 Å². The van der Waals surface area contributed by atoms with Gasteiger partial charge in [0.05, 0.1) is 6.61 Å². The molecule has 36 heavy (non-hydrogen) atoms. The summed E-state index contributed by atoms with van der Waals surface area (Å²) in [6.45, 7) is 2.82. The zero-order valence-corrected chi connectivity index (χ0v) is 20.6. The minimum Gasteiger partial charge on any atom is -0.494 e. The Morgan fingerprint density at radius 1 is 0.889 bits per heavy atom. The van der Waals surface area contributed by atoms with E-state index < -0.39 is 11.7 Å². The highest BCUT2D eigenvalue weighted by molar-refractivity contribution is 5.63. The van der Waals surface area contributed by atoms with Crippen LogP contribution in [-0.4, -0.2) is 16.6 Å². The highest BCUT2D eigenvalue weighted by Gasteiger charge is 2.35. The first-order valence-electron chi connectivity index (χ1n) is 12.7. The van der Waals surface area contributed by atoms with Crippen LogP contribution in [0.4, 0.5) is 36.3 Å². The first kappa shape index (κ1) is 25.8. The van der Waals surface area contributed by atoms with E-state index in [0.29, 0.717) is 23.9 Å². The Kier molecular flexibility index (Phi) is 8.67. The van der Waals surface area contributed by atoms with Gasteiger partial charge in [-0.2, -0.15) is 18.2 Å². The Bertz CT molecular complexity index is 1100. The predicted molar refractivity (Wildman–Crippen MR) is 137 cm³/mol. The molecule has 1 aliphatic carbocycles. The zero-order chi connectivity index (χ0) is 25.4. The lowest BCUT2D eigenvalue weighted by Crippen LogP contribution is -2.12. The molecule has 8 heteroatoms. The third-order valence-electron chi connectivity index (χ3n) is 6.47. The average Bonchev–Trinajstić information content (AvgIpc) is 3.40. The number of nitrogens with one attached hydrogen (secondary N) is 2. The number of ether oxygens (including phenoxy) is 1. The van der Waals surface area contributed by atoms with E-state index >= 15 is 0 Å². The van der Waals surface area contributed by atoms with Gasteiger partial charge in [-0.1, -0.05) is 51.2 Å². The Labute approximate surface area is 210 Å². The third-order valence-corrected chi connectivity index (χ3v) is 6.47. The van der Waals surface area contributed by atoms with Crippen molar-refractivity contribution in [3.8, 4) is 5.75 Å². The lowest BCUT2D eigenvalue weighted by molar-refractivity contribution is -0.137. The molecule has 3 aromatic rings. The normalized spacial score (nSPS) is 14.1. The SMILES string of the molecule is CCCCCCOc1ccc(Nc2ncc(C(F)(F)F)c(Nc3ccc(C4CCCC4)cc3)n2)cc1. The molecule has 1 saturated carbocycles. The van der Waals surface area contributed by atoms with Crippen LogP contribution < -0.4 is 15.4 Å². The van der Waals surface area contributed by atoms with Gasteiger partial charge in [0, 0.05) is 17.6 Å². The molecule has 0 radical (unpaired) electrons. The van der Waals surface area contributed by atoms with Crippen molar-refractivity contribution < 1.29 is 17.9 Å². The van der Waals surface area contributed by atoms with Crippen LogP contribution in [0.3, 0.4) is 0 Å². The van der Waals surface area contributed by atoms with Crippen molar-refractivity contribution in [1.82, 2.24) is 9.97 Å². The van der Waals surface area contributed by atoms with Gasteiger partial charge in [-0.05, 0) is 67.1 Å². The molecular weight excluding hydrogens is 465 g/mol. The molecule has 0 bridgehead atoms. The summed E-state index contributed by atoms with van der Waals surface area (Å²) < 4.78 is 46.7. The number of benzene rings is 2. The standard InChI is InChI=1S/C28H33F3N4O/c1-2-3-4-7-18-36-24-16-14-23(15-17-24)34-27-32-19-25(28(29,30)31)26(35-27)33-22-12-10-21(11-13-22)20-8-5-6-9-20/h10-17,19-20H,2-9,18H2,1H3,(H2,32,33,34,35). The van der Waals surface area contributed by atoms with Crippen LogP contribution in [0, 0.1) is 0 Å². The van der Waals surface area contributed by atoms with Crippen molar-refractivity contribution in [3.05, 3.63) is 65.9 Å². The maximum absolute atomic E-state index is 13.6. The second-order valence-electron chi connectivity index (χ2n) is 9.24. The monoisotopic (exact) mass is 498 g/mol. The summed E-state index contributed by atoms with van der Waals surface area (Å²) in [5, 5.41) is 5.82. The van der Waals surface area contributed by atoms with Crippen molar-refractivity contribution in [2.75, 3.05) is 17.2 Å². The number of hydrogen-bond donors (Lipinski definition) is 2. The van der Waals surface area contributed by atoms with Crippen molar-refractivity contribution >= 4 is 23.1 Å². The van der Waals surface area contributed by atoms with E-state index in [4.69, 9.17) is 4.74 Å². The molecule has 0 spiro atoms. The summed E-state index contributed by atoms with van der Waals surface area (Å²) in [6, 6.07) is 14.8. The van der Waals surface area contributed by atoms with Crippen LogP contribution in [0.5, 0.6) is 5.75 Å². The number of rotatable bonds is 11. The van der Waals surface area contributed by atoms with Gasteiger partial charge in [-0.25, -0.2) is 4.98 Å². The van der Waals surface area contributed by atoms with Crippen molar-refractivity contribution in [3.63, 3.8) is 0 Å². The van der Waals surface area contributed by atoms with Gasteiger partial charge in [0.15, 0.2) is 0 Å². The summed E-state index contributed by atoms with van der Waals surface area (Å²) in [5.41, 5.74) is 1.51. The van der Waals surface area contributed by atoms with E-state index in [-0.39, 0.29) is 11.8 Å². The van der Waals surface area contributed by atoms with Gasteiger partial charge < -0.3 is 15.4 Å². The van der Waals surface area contributed by atoms with Crippen molar-refractivity contribution in [1.29, 1.82) is 0 Å². The number of anilines is 4. The molecule has 0 amide bonds. The van der Waals surface area contributed by atoms with Gasteiger partial charge in [0.2, 0.25) is 5.95 Å². The molecule has 192 valence electrons. The highest BCUT2D eigenvalue weighted by atomic mass is 19.4. The zero-order valence-electron chi connectivity index (χ0n) is 20.6. The Morgan fingerprint density at radius 2 is 1.56 bits per heavy atom. The summed E-state index contributed by atoms with van der Waals surface area (Å²) in [5.74, 6) is 1.06. The molecule has 0 aliphatic heterocycles. The minimum atomic E-state index is -4.58. The molecule has 2 N–H and O–H groups in total. The molecule has 1 fully saturated rings. The predicted octanol–water partition coefficient (Wildman–Crippen LogP) is 8.60. The number of nitrogens with zero attached hydrogens (tertiary/aromatic N) is 2. The number of alkyl halides is 3. The fraction of sp³-hybridized carbons (Fsp3) is 0.429. The average molecular weight is 499 g/mol. The lowest BCUT2D eigenvalue weighted by atomic mass is 9.97. The molecule has 2 aromatic carbocycles. The second-order valence-corrected chi connectivity index (χ2v) is 9.24. The van der Waals surface area contributed by atoms with Crippen LogP contribution in [0.25, 0.3) is 0 Å². The number of aromatic nitrogens is 2. The van der Waals surface area contributed by atoms with E-state index in [9.17, 15) is 13.2 Å². The molecule has 5 nitrogen and oxygen atoms in total. The third kappa shape index (κ3) is 7.12. The van der Waals surface area contributed by atoms with Crippen LogP contribution in [-0.2, 0) is 6.18 Å². The topological polar surface area (TPSA) is 59.1 Å². The van der Waals surface area contributed by atoms with Gasteiger partial charge >= 0.3 is 6.18 Å². The maximum Gasteiger partial charge on any atom is 0.421 e. The molecule has 0 saturated heterocycles. The smallest absolute Gasteiger partial charge is 0.421 e. The molecule has 1 heterocycles. The van der Waals surface area contributed by atoms with Gasteiger partial charge in [-0.3, -0.25) is 0 Å². The van der Waals surface area contributed by atoms with Gasteiger partial charge in [0.25, 0.3) is 0 Å². The highest BCUT2D eigenvalue weighted by Crippen LogP contribution is 2.37. The van der Waals surface area contributed by atoms with Gasteiger partial charge in [0.1, 0.15) is 17.1 Å². The Hall–Kier alpha value is -3.29. The van der Waals surface area contributed by atoms with E-state index in [1.165, 1.54) is 31.2 Å². The summed E-state index contributed by atoms with van der Waals surface area (Å²) in [6.07, 6.45) is 5.53. The fourth-order valence-electron chi connectivity index (χ4n) is 4.46. The van der Waals surface area contributed by atoms with Gasteiger partial charge in [-0.15, -0.1) is 0 Å². The van der Waals surface area contributed by atoms with Crippen LogP contribution >= 0.6 is 0 Å². The summed E-state index contributed by atoms with van der Waals surface area (Å²) in [7, 11) is 0. The van der Waals surface area contributed by atoms with E-state index in [1.807, 2.05) is 36.4 Å². The number of unbranched alkanes of at least 4 members (excludes halogenated alkanes) is 3. The van der Waals surface area contributed by atoms with Crippen molar-refractivity contribution in [2.45, 2.75) is 70.4 Å². The summed E-state index contributed by atoms with van der Waals surface area (Å²) >= 11 is 0. The molecular formula is C28H33F3N4O. The largest absolute Gasteiger partial charge is 0.494 e. The molecule has 0 unspecified atom stereocenters. The maximum atomic E-state index is 13.6. The van der Waals surface area contributed by atoms with Crippen LogP contribution in [0.1, 0.15) is 75.3 Å². The fourth-order valence-corrected chi connectivity index (χ4v) is 4.46. The quantitative estimate of drug-likeness (QED) is 0.259. The molecule has 4 rings (SSSR count). The Morgan fingerprint density at radius 3 is 2.22 bits per heavy atom. The Balaban J connectivity index is 1.43. The van der Waals surface area contributed by atoms with Crippen LogP contribution in [0.2, 0.25) is 0 Å². The first-order valence-corrected chi connectivity index (χ1v) is 12.7. The van der Waals surface area contributed by atoms with Crippen LogP contribution in [0.15, 0.2) is 54.7 Å². The summed E-state index contributed by atoms with van der Waals surface area (Å²) in [4.78, 5) is 8.04. The molecule has 1 aromatic heterocycles. The van der Waals surface area contributed by atoms with Crippen molar-refractivity contribution in [2.24, 2.45) is 0 Å². The number of halogens is 3. The number of hydrogen-bond acceptors (Lipinski definition) is 5. The lowest BCUT2D eigenvalue weighted by Gasteiger charge is -2.16. The molecule has 0 atom stereocenters. The van der Waals surface area contributed by atoms with E-state index in [2.05, 4.69) is 27.5 Å². The molecule has 1 aliphatic rings. The second kappa shape index (κ2) is 12.1. The van der Waals surface area contributed by atoms with E-state index in [0.717, 1.165) is 37.6 Å². The minimum absolute atomic E-state index is 0.0707. The first-order chi connectivity index (χ1) is 17.4.